The average Bonchev–Trinajstić information content (AvgIpc) is 3.26. The van der Waals surface area contributed by atoms with Gasteiger partial charge in [0.2, 0.25) is 5.91 Å². The largest absolute Gasteiger partial charge is 0.465 e. The fourth-order valence-electron chi connectivity index (χ4n) is 8.15. The smallest absolute Gasteiger partial charge is 0.366 e. The fourth-order valence-corrected chi connectivity index (χ4v) is 8.88. The predicted octanol–water partition coefficient (Wildman–Crippen LogP) is 0.00380. The van der Waals surface area contributed by atoms with Crippen LogP contribution in [0.1, 0.15) is 75.7 Å². The first-order chi connectivity index (χ1) is 34.9. The SMILES string of the molecule is COC(=O)[C@@]1(O[C@H]2[C@@H](OC(C)=O)[C@@H](COC(C)=O)O[C@@H](O[C@@H]3CO[C@@H](OCC[Si](C)(C)C)[C@H](OC(C)=O)[C@H]3OC(C)=O)[C@@H]2OC(C)=O)C[C@H](OC(C)=O)[C@@H](NC(C)=O)[C@H]([C@H](OC(C)=O)[C@@H](COC(C)=O)OC(C)=O)O1. The van der Waals surface area contributed by atoms with Gasteiger partial charge in [-0.15, -0.1) is 0 Å². The first-order valence-corrected chi connectivity index (χ1v) is 27.3. The van der Waals surface area contributed by atoms with Gasteiger partial charge in [0.1, 0.15) is 43.7 Å². The average molecular weight is 1100 g/mol. The molecule has 3 saturated heterocycles. The number of esters is 10. The van der Waals surface area contributed by atoms with Crippen LogP contribution in [0.25, 0.3) is 0 Å². The number of hydrogen-bond acceptors (Lipinski definition) is 27. The minimum absolute atomic E-state index is 0.151. The Labute approximate surface area is 433 Å². The third kappa shape index (κ3) is 19.7. The number of methoxy groups -OCH3 is 1. The first-order valence-electron chi connectivity index (χ1n) is 23.6. The molecule has 3 aliphatic heterocycles. The second kappa shape index (κ2) is 28.3. The lowest BCUT2D eigenvalue weighted by atomic mass is 9.87. The van der Waals surface area contributed by atoms with Gasteiger partial charge < -0.3 is 81.1 Å². The summed E-state index contributed by atoms with van der Waals surface area (Å²) in [4.78, 5) is 142. The monoisotopic (exact) mass is 1100 g/mol. The summed E-state index contributed by atoms with van der Waals surface area (Å²) in [7, 11) is -0.829. The summed E-state index contributed by atoms with van der Waals surface area (Å²) >= 11 is 0. The molecule has 3 fully saturated rings. The lowest BCUT2D eigenvalue weighted by molar-refractivity contribution is -0.381. The summed E-state index contributed by atoms with van der Waals surface area (Å²) in [5.41, 5.74) is 0. The van der Waals surface area contributed by atoms with Gasteiger partial charge in [0.25, 0.3) is 5.79 Å². The molecule has 3 rings (SSSR count). The van der Waals surface area contributed by atoms with E-state index in [1.165, 1.54) is 0 Å². The number of hydrogen-bond donors (Lipinski definition) is 1. The van der Waals surface area contributed by atoms with E-state index >= 15 is 0 Å². The van der Waals surface area contributed by atoms with Crippen molar-refractivity contribution in [3.05, 3.63) is 0 Å². The van der Waals surface area contributed by atoms with Gasteiger partial charge in [0.15, 0.2) is 49.2 Å². The van der Waals surface area contributed by atoms with Gasteiger partial charge in [-0.2, -0.15) is 0 Å². The van der Waals surface area contributed by atoms with Crippen molar-refractivity contribution >= 4 is 73.7 Å². The molecule has 3 aliphatic rings. The third-order valence-electron chi connectivity index (χ3n) is 10.9. The van der Waals surface area contributed by atoms with Crippen molar-refractivity contribution in [1.29, 1.82) is 0 Å². The second-order valence-corrected chi connectivity index (χ2v) is 24.3. The number of amides is 1. The van der Waals surface area contributed by atoms with Crippen LogP contribution in [0.5, 0.6) is 0 Å². The maximum atomic E-state index is 14.6. The molecular weight excluding hydrogens is 1030 g/mol. The molecule has 75 heavy (non-hydrogen) atoms. The van der Waals surface area contributed by atoms with Crippen molar-refractivity contribution in [3.8, 4) is 0 Å². The lowest BCUT2D eigenvalue weighted by Gasteiger charge is -2.52. The molecule has 424 valence electrons. The normalized spacial score (nSPS) is 29.3. The number of carbonyl (C=O) groups is 11. The minimum Gasteiger partial charge on any atom is -0.465 e. The lowest BCUT2D eigenvalue weighted by Crippen LogP contribution is -2.72. The van der Waals surface area contributed by atoms with Crippen molar-refractivity contribution in [2.45, 2.75) is 193 Å². The summed E-state index contributed by atoms with van der Waals surface area (Å²) in [6.07, 6.45) is -24.4. The molecule has 0 radical (unpaired) electrons. The Bertz CT molecular complexity index is 2080. The molecule has 29 heteroatoms. The van der Waals surface area contributed by atoms with Crippen LogP contribution in [0.3, 0.4) is 0 Å². The van der Waals surface area contributed by atoms with Crippen LogP contribution in [-0.4, -0.2) is 199 Å². The molecule has 28 nitrogen and oxygen atoms in total. The number of rotatable bonds is 23. The first kappa shape index (κ1) is 63.4. The number of carbonyl (C=O) groups excluding carboxylic acids is 11. The van der Waals surface area contributed by atoms with Crippen LogP contribution in [0.15, 0.2) is 0 Å². The van der Waals surface area contributed by atoms with Crippen LogP contribution < -0.4 is 5.32 Å². The molecular formula is C46H69NO27Si. The Balaban J connectivity index is 2.43. The Hall–Kier alpha value is -5.85. The number of ether oxygens (including phenoxy) is 16. The third-order valence-corrected chi connectivity index (χ3v) is 12.6. The highest BCUT2D eigenvalue weighted by Gasteiger charge is 2.64. The highest BCUT2D eigenvalue weighted by molar-refractivity contribution is 6.76. The summed E-state index contributed by atoms with van der Waals surface area (Å²) < 4.78 is 93.1. The van der Waals surface area contributed by atoms with Crippen LogP contribution in [0.4, 0.5) is 0 Å². The van der Waals surface area contributed by atoms with E-state index in [0.717, 1.165) is 76.3 Å². The quantitative estimate of drug-likeness (QED) is 0.0799. The molecule has 0 spiro atoms. The molecule has 0 unspecified atom stereocenters. The van der Waals surface area contributed by atoms with E-state index in [4.69, 9.17) is 75.8 Å². The van der Waals surface area contributed by atoms with Gasteiger partial charge in [0, 0.05) is 83.9 Å². The van der Waals surface area contributed by atoms with Gasteiger partial charge in [-0.3, -0.25) is 47.9 Å². The minimum atomic E-state index is -3.07. The molecule has 0 bridgehead atoms. The zero-order valence-electron chi connectivity index (χ0n) is 44.3. The van der Waals surface area contributed by atoms with Crippen molar-refractivity contribution in [3.63, 3.8) is 0 Å². The van der Waals surface area contributed by atoms with Gasteiger partial charge in [0.05, 0.1) is 26.2 Å². The van der Waals surface area contributed by atoms with Crippen molar-refractivity contribution < 1.29 is 129 Å². The topological polar surface area (TPSA) is 347 Å². The van der Waals surface area contributed by atoms with Crippen molar-refractivity contribution in [2.75, 3.05) is 33.5 Å². The fraction of sp³-hybridized carbons (Fsp3) is 0.761. The molecule has 0 aromatic rings. The maximum absolute atomic E-state index is 14.6. The van der Waals surface area contributed by atoms with Gasteiger partial charge >= 0.3 is 59.7 Å². The zero-order chi connectivity index (χ0) is 56.7. The van der Waals surface area contributed by atoms with Crippen LogP contribution in [-0.2, 0) is 129 Å². The van der Waals surface area contributed by atoms with Crippen molar-refractivity contribution in [2.24, 2.45) is 0 Å². The van der Waals surface area contributed by atoms with Crippen LogP contribution >= 0.6 is 0 Å². The van der Waals surface area contributed by atoms with Gasteiger partial charge in [-0.25, -0.2) is 4.79 Å². The number of nitrogens with one attached hydrogen (secondary N) is 1. The highest BCUT2D eigenvalue weighted by atomic mass is 28.3. The van der Waals surface area contributed by atoms with E-state index in [9.17, 15) is 52.7 Å². The molecule has 0 saturated carbocycles. The molecule has 1 N–H and O–H groups in total. The summed E-state index contributed by atoms with van der Waals surface area (Å²) in [5, 5.41) is 2.52. The highest BCUT2D eigenvalue weighted by Crippen LogP contribution is 2.42. The van der Waals surface area contributed by atoms with Gasteiger partial charge in [-0.1, -0.05) is 19.6 Å². The van der Waals surface area contributed by atoms with E-state index in [2.05, 4.69) is 25.0 Å². The predicted molar refractivity (Wildman–Crippen MR) is 246 cm³/mol. The van der Waals surface area contributed by atoms with E-state index in [-0.39, 0.29) is 6.61 Å². The summed E-state index contributed by atoms with van der Waals surface area (Å²) in [6, 6.07) is -1.02. The maximum Gasteiger partial charge on any atom is 0.366 e. The van der Waals surface area contributed by atoms with Crippen molar-refractivity contribution in [1.82, 2.24) is 5.32 Å². The zero-order valence-corrected chi connectivity index (χ0v) is 45.3. The van der Waals surface area contributed by atoms with E-state index in [1.54, 1.807) is 0 Å². The molecule has 0 aliphatic carbocycles. The molecule has 3 heterocycles. The standard InChI is InChI=1S/C46H69NO27Si/c1-21(48)47-35-31(64-24(4)51)17-46(45(58)59-11,73-39(35)36(66-26(6)53)32(65-25(5)52)18-61-22(2)49)74-40-37(67-27(7)54)33(19-62-23(3)50)71-44(42(40)70-30(10)57)72-34-20-63-43(60-15-16-75(12,13)14)41(69-29(9)56)38(34)68-28(8)55/h31-44H,15-20H2,1-14H3,(H,47,48)/t31-,32+,33+,34+,35+,36+,37-,38-,39+,40-,41+,42+,43+,44-,46-/m0/s1. The summed E-state index contributed by atoms with van der Waals surface area (Å²) in [6.45, 7) is 14.2. The molecule has 0 aromatic carbocycles. The Morgan fingerprint density at radius 2 is 1.15 bits per heavy atom. The second-order valence-electron chi connectivity index (χ2n) is 18.7. The van der Waals surface area contributed by atoms with Crippen LogP contribution in [0.2, 0.25) is 25.7 Å². The Kier molecular flexibility index (Phi) is 24.0. The van der Waals surface area contributed by atoms with E-state index < -0.39 is 191 Å². The molecule has 15 atom stereocenters. The van der Waals surface area contributed by atoms with E-state index in [0.29, 0.717) is 6.04 Å². The van der Waals surface area contributed by atoms with Crippen LogP contribution in [0, 0.1) is 0 Å². The molecule has 1 amide bonds. The Morgan fingerprint density at radius 3 is 1.64 bits per heavy atom. The van der Waals surface area contributed by atoms with Gasteiger partial charge in [-0.05, 0) is 6.04 Å². The Morgan fingerprint density at radius 1 is 0.613 bits per heavy atom. The van der Waals surface area contributed by atoms with E-state index in [1.807, 2.05) is 0 Å². The summed E-state index contributed by atoms with van der Waals surface area (Å²) in [5.74, 6) is -14.2. The molecule has 0 aromatic heterocycles.